The van der Waals surface area contributed by atoms with E-state index in [4.69, 9.17) is 0 Å². The van der Waals surface area contributed by atoms with E-state index in [2.05, 4.69) is 17.6 Å². The second kappa shape index (κ2) is 13.4. The van der Waals surface area contributed by atoms with Gasteiger partial charge < -0.3 is 10.6 Å². The molecule has 0 heterocycles. The number of carbonyl (C=O) groups excluding carboxylic acids is 2. The lowest BCUT2D eigenvalue weighted by atomic mass is 10.1. The molecule has 2 unspecified atom stereocenters. The zero-order valence-corrected chi connectivity index (χ0v) is 16.7. The van der Waals surface area contributed by atoms with Gasteiger partial charge in [0.05, 0.1) is 6.04 Å². The lowest BCUT2D eigenvalue weighted by Crippen LogP contribution is -2.47. The number of benzene rings is 1. The molecule has 0 saturated carbocycles. The van der Waals surface area contributed by atoms with Gasteiger partial charge in [-0.25, -0.2) is 0 Å². The van der Waals surface area contributed by atoms with Crippen molar-refractivity contribution < 1.29 is 9.59 Å². The molecule has 1 aromatic rings. The highest BCUT2D eigenvalue weighted by atomic mass is 16.2. The smallest absolute Gasteiger partial charge is 0.243 e. The van der Waals surface area contributed by atoms with Gasteiger partial charge in [0.1, 0.15) is 6.04 Å². The third kappa shape index (κ3) is 9.02. The molecule has 1 rings (SSSR count). The van der Waals surface area contributed by atoms with E-state index in [9.17, 15) is 9.59 Å². The van der Waals surface area contributed by atoms with Crippen LogP contribution in [0.15, 0.2) is 30.3 Å². The molecule has 2 N–H and O–H groups in total. The van der Waals surface area contributed by atoms with E-state index in [0.717, 1.165) is 24.8 Å². The minimum absolute atomic E-state index is 0.0125. The number of hydrogen-bond donors (Lipinski definition) is 2. The Morgan fingerprint density at radius 3 is 2.19 bits per heavy atom. The van der Waals surface area contributed by atoms with Gasteiger partial charge in [-0.05, 0) is 25.3 Å². The van der Waals surface area contributed by atoms with E-state index < -0.39 is 6.04 Å². The summed E-state index contributed by atoms with van der Waals surface area (Å²) in [5.74, 6) is -0.110. The molecule has 0 saturated heterocycles. The third-order valence-corrected chi connectivity index (χ3v) is 4.64. The van der Waals surface area contributed by atoms with Crippen LogP contribution in [-0.2, 0) is 9.59 Å². The summed E-state index contributed by atoms with van der Waals surface area (Å²) in [5.41, 5.74) is 1.06. The number of nitrogens with one attached hydrogen (secondary N) is 2. The Morgan fingerprint density at radius 2 is 1.54 bits per heavy atom. The minimum atomic E-state index is -0.446. The van der Waals surface area contributed by atoms with Crippen molar-refractivity contribution in [1.82, 2.24) is 10.6 Å². The zero-order chi connectivity index (χ0) is 19.2. The summed E-state index contributed by atoms with van der Waals surface area (Å²) in [6.45, 7) is 6.19. The molecule has 4 heteroatoms. The van der Waals surface area contributed by atoms with E-state index in [1.165, 1.54) is 25.7 Å². The molecule has 4 nitrogen and oxygen atoms in total. The highest BCUT2D eigenvalue weighted by molar-refractivity contribution is 5.87. The Morgan fingerprint density at radius 1 is 0.885 bits per heavy atom. The van der Waals surface area contributed by atoms with Gasteiger partial charge in [-0.2, -0.15) is 0 Å². The standard InChI is InChI=1S/C22H36N2O2/c1-4-6-7-8-9-13-17-21(25)24-20(14-5-2)22(26)23-18(3)19-15-11-10-12-16-19/h10-12,15-16,18,20H,4-9,13-14,17H2,1-3H3,(H,23,26)(H,24,25). The molecule has 0 aromatic heterocycles. The maximum absolute atomic E-state index is 12.6. The predicted molar refractivity (Wildman–Crippen MR) is 108 cm³/mol. The summed E-state index contributed by atoms with van der Waals surface area (Å²) in [6.07, 6.45) is 8.95. The van der Waals surface area contributed by atoms with Crippen LogP contribution in [0, 0.1) is 0 Å². The summed E-state index contributed by atoms with van der Waals surface area (Å²) in [7, 11) is 0. The molecule has 0 fully saturated rings. The zero-order valence-electron chi connectivity index (χ0n) is 16.7. The van der Waals surface area contributed by atoms with Gasteiger partial charge in [0.25, 0.3) is 0 Å². The van der Waals surface area contributed by atoms with E-state index in [0.29, 0.717) is 12.8 Å². The molecule has 0 aliphatic heterocycles. The summed E-state index contributed by atoms with van der Waals surface area (Å²) >= 11 is 0. The van der Waals surface area contributed by atoms with Crippen LogP contribution in [0.1, 0.15) is 90.2 Å². The lowest BCUT2D eigenvalue weighted by molar-refractivity contribution is -0.129. The summed E-state index contributed by atoms with van der Waals surface area (Å²) in [6, 6.07) is 9.36. The fourth-order valence-corrected chi connectivity index (χ4v) is 3.03. The summed E-state index contributed by atoms with van der Waals surface area (Å²) < 4.78 is 0. The van der Waals surface area contributed by atoms with E-state index in [-0.39, 0.29) is 17.9 Å². The van der Waals surface area contributed by atoms with Gasteiger partial charge in [0, 0.05) is 6.42 Å². The second-order valence-electron chi connectivity index (χ2n) is 7.07. The van der Waals surface area contributed by atoms with Crippen LogP contribution in [0.25, 0.3) is 0 Å². The van der Waals surface area contributed by atoms with Crippen LogP contribution in [0.4, 0.5) is 0 Å². The first-order valence-electron chi connectivity index (χ1n) is 10.2. The molecule has 0 aliphatic carbocycles. The SMILES string of the molecule is CCCCCCCCC(=O)NC(CCC)C(=O)NC(C)c1ccccc1. The molecule has 0 bridgehead atoms. The highest BCUT2D eigenvalue weighted by Crippen LogP contribution is 2.12. The van der Waals surface area contributed by atoms with Gasteiger partial charge in [-0.3, -0.25) is 9.59 Å². The molecule has 2 atom stereocenters. The topological polar surface area (TPSA) is 58.2 Å². The van der Waals surface area contributed by atoms with Crippen LogP contribution >= 0.6 is 0 Å². The molecule has 0 aliphatic rings. The Bertz CT molecular complexity index is 516. The molecule has 26 heavy (non-hydrogen) atoms. The Labute approximate surface area is 159 Å². The van der Waals surface area contributed by atoms with Crippen LogP contribution in [0.2, 0.25) is 0 Å². The average Bonchev–Trinajstić information content (AvgIpc) is 2.64. The molecule has 0 spiro atoms. The first kappa shape index (κ1) is 22.2. The van der Waals surface area contributed by atoms with Crippen molar-refractivity contribution in [2.75, 3.05) is 0 Å². The summed E-state index contributed by atoms with van der Waals surface area (Å²) in [4.78, 5) is 24.8. The van der Waals surface area contributed by atoms with Crippen molar-refractivity contribution in [2.45, 2.75) is 90.6 Å². The monoisotopic (exact) mass is 360 g/mol. The molecule has 2 amide bonds. The van der Waals surface area contributed by atoms with E-state index >= 15 is 0 Å². The minimum Gasteiger partial charge on any atom is -0.348 e. The van der Waals surface area contributed by atoms with Crippen molar-refractivity contribution in [3.05, 3.63) is 35.9 Å². The van der Waals surface area contributed by atoms with Crippen LogP contribution in [0.3, 0.4) is 0 Å². The third-order valence-electron chi connectivity index (χ3n) is 4.64. The van der Waals surface area contributed by atoms with Crippen LogP contribution in [-0.4, -0.2) is 17.9 Å². The summed E-state index contributed by atoms with van der Waals surface area (Å²) in [5, 5.41) is 5.95. The first-order chi connectivity index (χ1) is 12.6. The van der Waals surface area contributed by atoms with Gasteiger partial charge in [0.2, 0.25) is 11.8 Å². The van der Waals surface area contributed by atoms with Crippen LogP contribution in [0.5, 0.6) is 0 Å². The fourth-order valence-electron chi connectivity index (χ4n) is 3.03. The Hall–Kier alpha value is -1.84. The van der Waals surface area contributed by atoms with Crippen molar-refractivity contribution in [3.63, 3.8) is 0 Å². The second-order valence-corrected chi connectivity index (χ2v) is 7.07. The molecular formula is C22H36N2O2. The lowest BCUT2D eigenvalue weighted by Gasteiger charge is -2.21. The number of hydrogen-bond acceptors (Lipinski definition) is 2. The average molecular weight is 361 g/mol. The highest BCUT2D eigenvalue weighted by Gasteiger charge is 2.21. The Balaban J connectivity index is 2.41. The van der Waals surface area contributed by atoms with Gasteiger partial charge in [-0.1, -0.05) is 82.7 Å². The molecule has 0 radical (unpaired) electrons. The van der Waals surface area contributed by atoms with Gasteiger partial charge >= 0.3 is 0 Å². The van der Waals surface area contributed by atoms with E-state index in [1.54, 1.807) is 0 Å². The predicted octanol–water partition coefficient (Wildman–Crippen LogP) is 4.90. The van der Waals surface area contributed by atoms with Crippen molar-refractivity contribution >= 4 is 11.8 Å². The molecule has 1 aromatic carbocycles. The molecular weight excluding hydrogens is 324 g/mol. The Kier molecular flexibility index (Phi) is 11.4. The number of rotatable bonds is 13. The van der Waals surface area contributed by atoms with Gasteiger partial charge in [0.15, 0.2) is 0 Å². The van der Waals surface area contributed by atoms with Crippen molar-refractivity contribution in [3.8, 4) is 0 Å². The fraction of sp³-hybridized carbons (Fsp3) is 0.636. The quantitative estimate of drug-likeness (QED) is 0.492. The largest absolute Gasteiger partial charge is 0.348 e. The maximum Gasteiger partial charge on any atom is 0.243 e. The van der Waals surface area contributed by atoms with Crippen LogP contribution < -0.4 is 10.6 Å². The number of amides is 2. The van der Waals surface area contributed by atoms with E-state index in [1.807, 2.05) is 44.2 Å². The van der Waals surface area contributed by atoms with Gasteiger partial charge in [-0.15, -0.1) is 0 Å². The number of unbranched alkanes of at least 4 members (excludes halogenated alkanes) is 5. The van der Waals surface area contributed by atoms with Crippen molar-refractivity contribution in [1.29, 1.82) is 0 Å². The van der Waals surface area contributed by atoms with Crippen molar-refractivity contribution in [2.24, 2.45) is 0 Å². The normalized spacial score (nSPS) is 13.0. The first-order valence-corrected chi connectivity index (χ1v) is 10.2. The molecule has 146 valence electrons. The maximum atomic E-state index is 12.6. The number of carbonyl (C=O) groups is 2.